The highest BCUT2D eigenvalue weighted by atomic mass is 127. The zero-order chi connectivity index (χ0) is 10.3. The van der Waals surface area contributed by atoms with E-state index in [-0.39, 0.29) is 0 Å². The first-order valence-electron chi connectivity index (χ1n) is 2.65. The molecule has 1 rings (SSSR count). The summed E-state index contributed by atoms with van der Waals surface area (Å²) in [6.45, 7) is 0. The Balaban J connectivity index is 3.15. The zero-order valence-corrected chi connectivity index (χ0v) is 7.71. The third-order valence-electron chi connectivity index (χ3n) is 1.04. The molecule has 0 aliphatic heterocycles. The lowest BCUT2D eigenvalue weighted by atomic mass is 10.5. The van der Waals surface area contributed by atoms with Crippen LogP contribution in [0.1, 0.15) is 0 Å². The number of nitrogens with zero attached hydrogens (tertiary/aromatic N) is 4. The van der Waals surface area contributed by atoms with E-state index in [0.29, 0.717) is 0 Å². The molecule has 0 aliphatic carbocycles. The van der Waals surface area contributed by atoms with Crippen LogP contribution < -0.4 is 0 Å². The minimum atomic E-state index is -5.71. The summed E-state index contributed by atoms with van der Waals surface area (Å²) >= 11 is 1.17. The first-order valence-corrected chi connectivity index (χ1v) is 3.73. The first kappa shape index (κ1) is 10.5. The molecule has 0 saturated heterocycles. The number of aromatic nitrogens is 4. The molecule has 4 nitrogen and oxygen atoms in total. The molecule has 10 heteroatoms. The molecule has 0 radical (unpaired) electrons. The van der Waals surface area contributed by atoms with Gasteiger partial charge in [-0.3, -0.25) is 0 Å². The van der Waals surface area contributed by atoms with Crippen LogP contribution in [0.15, 0.2) is 0 Å². The molecule has 0 spiro atoms. The van der Waals surface area contributed by atoms with Crippen molar-refractivity contribution in [1.29, 1.82) is 0 Å². The molecule has 13 heavy (non-hydrogen) atoms. The quantitative estimate of drug-likeness (QED) is 0.581. The molecule has 0 fully saturated rings. The van der Waals surface area contributed by atoms with Crippen LogP contribution in [-0.4, -0.2) is 26.4 Å². The Hall–Kier alpha value is -0.550. The second-order valence-corrected chi connectivity index (χ2v) is 2.86. The molecular formula is C3F5IN4. The van der Waals surface area contributed by atoms with Crippen LogP contribution in [0.25, 0.3) is 0 Å². The molecule has 0 saturated carbocycles. The van der Waals surface area contributed by atoms with Gasteiger partial charge in [-0.25, -0.2) is 0 Å². The maximum absolute atomic E-state index is 12.4. The summed E-state index contributed by atoms with van der Waals surface area (Å²) in [5.74, 6) is 0. The molecule has 1 aromatic heterocycles. The van der Waals surface area contributed by atoms with E-state index < -0.39 is 20.7 Å². The molecule has 0 aromatic carbocycles. The van der Waals surface area contributed by atoms with Crippen molar-refractivity contribution in [3.63, 3.8) is 0 Å². The molecule has 0 unspecified atom stereocenters. The third kappa shape index (κ3) is 1.71. The van der Waals surface area contributed by atoms with Gasteiger partial charge < -0.3 is 0 Å². The molecule has 0 N–H and O–H groups in total. The number of hydrogen-bond donors (Lipinski definition) is 0. The minimum Gasteiger partial charge on any atom is -0.170 e. The molecule has 74 valence electrons. The van der Waals surface area contributed by atoms with Gasteiger partial charge in [0.2, 0.25) is 3.83 Å². The number of rotatable bonds is 1. The first-order chi connectivity index (χ1) is 5.77. The van der Waals surface area contributed by atoms with E-state index in [1.807, 2.05) is 0 Å². The van der Waals surface area contributed by atoms with Crippen molar-refractivity contribution in [2.24, 2.45) is 0 Å². The van der Waals surface area contributed by atoms with Crippen LogP contribution in [0.5, 0.6) is 0 Å². The van der Waals surface area contributed by atoms with Crippen molar-refractivity contribution in [1.82, 2.24) is 20.2 Å². The Labute approximate surface area is 81.2 Å². The van der Waals surface area contributed by atoms with Crippen LogP contribution in [0.2, 0.25) is 0 Å². The Morgan fingerprint density at radius 3 is 2.00 bits per heavy atom. The van der Waals surface area contributed by atoms with Gasteiger partial charge in [-0.1, -0.05) is 0 Å². The standard InChI is InChI=1S/C3F5IN4/c4-2(5,6)3(7,8)13-1(9)10-11-12-13. The van der Waals surface area contributed by atoms with Crippen LogP contribution in [-0.2, 0) is 6.05 Å². The fourth-order valence-corrected chi connectivity index (χ4v) is 0.964. The van der Waals surface area contributed by atoms with Crippen LogP contribution >= 0.6 is 22.6 Å². The molecular weight excluding hydrogens is 314 g/mol. The summed E-state index contributed by atoms with van der Waals surface area (Å²) in [5, 5.41) is 8.11. The molecule has 1 aromatic rings. The van der Waals surface area contributed by atoms with Crippen LogP contribution in [0, 0.1) is 3.83 Å². The normalized spacial score (nSPS) is 13.4. The SMILES string of the molecule is FC(F)(F)C(F)(F)n1nnnc1I. The van der Waals surface area contributed by atoms with Crippen molar-refractivity contribution < 1.29 is 22.0 Å². The van der Waals surface area contributed by atoms with E-state index in [1.165, 1.54) is 22.6 Å². The van der Waals surface area contributed by atoms with Crippen LogP contribution in [0.3, 0.4) is 0 Å². The molecule has 0 atom stereocenters. The second kappa shape index (κ2) is 2.99. The number of alkyl halides is 5. The number of halogens is 6. The predicted molar refractivity (Wildman–Crippen MR) is 36.8 cm³/mol. The topological polar surface area (TPSA) is 43.6 Å². The van der Waals surface area contributed by atoms with Crippen molar-refractivity contribution >= 4 is 22.6 Å². The van der Waals surface area contributed by atoms with E-state index in [4.69, 9.17) is 0 Å². The fraction of sp³-hybridized carbons (Fsp3) is 0.667. The Bertz CT molecular complexity index is 305. The van der Waals surface area contributed by atoms with E-state index in [2.05, 4.69) is 15.5 Å². The van der Waals surface area contributed by atoms with Gasteiger partial charge in [0, 0.05) is 22.6 Å². The van der Waals surface area contributed by atoms with Gasteiger partial charge in [-0.15, -0.1) is 9.78 Å². The molecule has 0 aliphatic rings. The van der Waals surface area contributed by atoms with Crippen molar-refractivity contribution in [2.45, 2.75) is 12.2 Å². The highest BCUT2D eigenvalue weighted by molar-refractivity contribution is 14.1. The van der Waals surface area contributed by atoms with Crippen molar-refractivity contribution in [2.75, 3.05) is 0 Å². The van der Waals surface area contributed by atoms with Crippen molar-refractivity contribution in [3.05, 3.63) is 3.83 Å². The monoisotopic (exact) mass is 314 g/mol. The number of tetrazole rings is 1. The van der Waals surface area contributed by atoms with Gasteiger partial charge >= 0.3 is 12.2 Å². The number of hydrogen-bond acceptors (Lipinski definition) is 3. The third-order valence-corrected chi connectivity index (χ3v) is 1.71. The summed E-state index contributed by atoms with van der Waals surface area (Å²) in [7, 11) is 0. The second-order valence-electron chi connectivity index (χ2n) is 1.90. The van der Waals surface area contributed by atoms with Gasteiger partial charge in [-0.2, -0.15) is 22.0 Å². The van der Waals surface area contributed by atoms with E-state index in [1.54, 1.807) is 0 Å². The van der Waals surface area contributed by atoms with Crippen molar-refractivity contribution in [3.8, 4) is 0 Å². The fourth-order valence-electron chi connectivity index (χ4n) is 0.468. The highest BCUT2D eigenvalue weighted by Crippen LogP contribution is 2.39. The maximum atomic E-state index is 12.4. The molecule has 0 amide bonds. The molecule has 1 heterocycles. The Morgan fingerprint density at radius 1 is 1.15 bits per heavy atom. The minimum absolute atomic E-state index is 0.590. The summed E-state index contributed by atoms with van der Waals surface area (Å²) < 4.78 is 58.8. The highest BCUT2D eigenvalue weighted by Gasteiger charge is 2.61. The van der Waals surface area contributed by atoms with Gasteiger partial charge in [0.1, 0.15) is 0 Å². The Kier molecular flexibility index (Phi) is 2.42. The predicted octanol–water partition coefficient (Wildman–Crippen LogP) is 1.39. The average Bonchev–Trinajstić information content (AvgIpc) is 2.32. The van der Waals surface area contributed by atoms with E-state index in [0.717, 1.165) is 0 Å². The zero-order valence-electron chi connectivity index (χ0n) is 5.56. The lowest BCUT2D eigenvalue weighted by Crippen LogP contribution is -2.41. The maximum Gasteiger partial charge on any atom is 0.477 e. The largest absolute Gasteiger partial charge is 0.477 e. The van der Waals surface area contributed by atoms with Gasteiger partial charge in [0.05, 0.1) is 0 Å². The summed E-state index contributed by atoms with van der Waals surface area (Å²) in [6, 6.07) is -5.08. The summed E-state index contributed by atoms with van der Waals surface area (Å²) in [5.41, 5.74) is 0. The van der Waals surface area contributed by atoms with Gasteiger partial charge in [0.25, 0.3) is 0 Å². The van der Waals surface area contributed by atoms with Gasteiger partial charge in [0.15, 0.2) is 0 Å². The Morgan fingerprint density at radius 2 is 1.69 bits per heavy atom. The van der Waals surface area contributed by atoms with Crippen LogP contribution in [0.4, 0.5) is 22.0 Å². The van der Waals surface area contributed by atoms with Gasteiger partial charge in [-0.05, 0) is 10.4 Å². The summed E-state index contributed by atoms with van der Waals surface area (Å²) in [6.07, 6.45) is -5.71. The summed E-state index contributed by atoms with van der Waals surface area (Å²) in [4.78, 5) is 0. The smallest absolute Gasteiger partial charge is 0.170 e. The lowest BCUT2D eigenvalue weighted by molar-refractivity contribution is -0.329. The molecule has 0 bridgehead atoms. The van der Waals surface area contributed by atoms with E-state index >= 15 is 0 Å². The van der Waals surface area contributed by atoms with E-state index in [9.17, 15) is 22.0 Å². The average molecular weight is 314 g/mol. The lowest BCUT2D eigenvalue weighted by Gasteiger charge is -2.18.